The predicted molar refractivity (Wildman–Crippen MR) is 157 cm³/mol. The number of hydrogen-bond acceptors (Lipinski definition) is 7. The second-order valence-corrected chi connectivity index (χ2v) is 9.79. The number of allylic oxidation sites excluding steroid dienone is 1. The maximum absolute atomic E-state index is 14.3. The number of methoxy groups -OCH3 is 1. The molecular formula is C30H29F3N6O6. The molecule has 12 nitrogen and oxygen atoms in total. The third-order valence-electron chi connectivity index (χ3n) is 6.40. The minimum absolute atomic E-state index is 0.0214. The van der Waals surface area contributed by atoms with Gasteiger partial charge in [-0.25, -0.2) is 18.2 Å². The van der Waals surface area contributed by atoms with E-state index in [1.165, 1.54) is 42.1 Å². The van der Waals surface area contributed by atoms with Crippen LogP contribution in [0.2, 0.25) is 0 Å². The van der Waals surface area contributed by atoms with Gasteiger partial charge in [-0.2, -0.15) is 0 Å². The first-order chi connectivity index (χ1) is 21.5. The van der Waals surface area contributed by atoms with Gasteiger partial charge in [0, 0.05) is 37.1 Å². The van der Waals surface area contributed by atoms with E-state index >= 15 is 0 Å². The smallest absolute Gasteiger partial charge is 0.274 e. The molecule has 0 spiro atoms. The van der Waals surface area contributed by atoms with Crippen LogP contribution in [0.3, 0.4) is 0 Å². The number of aromatic nitrogens is 3. The van der Waals surface area contributed by atoms with Crippen LogP contribution in [0.4, 0.5) is 18.9 Å². The number of carbonyl (C=O) groups excluding carboxylic acids is 3. The second-order valence-electron chi connectivity index (χ2n) is 9.79. The number of nitrogens with zero attached hydrogens (tertiary/aromatic N) is 2. The number of halogens is 3. The Bertz CT molecular complexity index is 1800. The lowest BCUT2D eigenvalue weighted by Gasteiger charge is -2.18. The molecular weight excluding hydrogens is 597 g/mol. The fraction of sp³-hybridized carbons (Fsp3) is 0.233. The lowest BCUT2D eigenvalue weighted by Crippen LogP contribution is -2.45. The van der Waals surface area contributed by atoms with Gasteiger partial charge in [-0.15, -0.1) is 0 Å². The van der Waals surface area contributed by atoms with Crippen LogP contribution in [0.5, 0.6) is 5.75 Å². The first-order valence-corrected chi connectivity index (χ1v) is 13.5. The number of benzene rings is 2. The van der Waals surface area contributed by atoms with Gasteiger partial charge >= 0.3 is 0 Å². The summed E-state index contributed by atoms with van der Waals surface area (Å²) in [5.74, 6) is -3.88. The van der Waals surface area contributed by atoms with Crippen molar-refractivity contribution in [2.75, 3.05) is 19.0 Å². The van der Waals surface area contributed by atoms with E-state index in [0.29, 0.717) is 6.07 Å². The molecule has 236 valence electrons. The molecule has 2 heterocycles. The molecule has 15 heteroatoms. The Balaban J connectivity index is 1.51. The van der Waals surface area contributed by atoms with E-state index in [1.807, 2.05) is 0 Å². The summed E-state index contributed by atoms with van der Waals surface area (Å²) in [7, 11) is 1.32. The van der Waals surface area contributed by atoms with Crippen molar-refractivity contribution in [3.63, 3.8) is 0 Å². The molecule has 1 atom stereocenters. The number of primary amides is 1. The molecule has 3 amide bonds. The molecule has 0 aliphatic rings. The van der Waals surface area contributed by atoms with Gasteiger partial charge in [0.2, 0.25) is 17.7 Å². The SMILES string of the molecule is COCC(=O)NC(CCC=CC(N)=O)C(=O)Nc1cccn(Cc2nc3cc(F)cc(OCc4ccc(F)cc4F)c3[nH]2)c1=O. The maximum atomic E-state index is 14.3. The van der Waals surface area contributed by atoms with Gasteiger partial charge in [-0.05, 0) is 43.2 Å². The molecule has 0 saturated carbocycles. The van der Waals surface area contributed by atoms with E-state index < -0.39 is 46.8 Å². The highest BCUT2D eigenvalue weighted by molar-refractivity contribution is 5.97. The van der Waals surface area contributed by atoms with E-state index in [4.69, 9.17) is 15.2 Å². The molecule has 1 unspecified atom stereocenters. The monoisotopic (exact) mass is 626 g/mol. The van der Waals surface area contributed by atoms with Crippen molar-refractivity contribution < 1.29 is 37.0 Å². The Labute approximate surface area is 254 Å². The lowest BCUT2D eigenvalue weighted by molar-refractivity contribution is -0.129. The van der Waals surface area contributed by atoms with Crippen LogP contribution in [0.25, 0.3) is 11.0 Å². The summed E-state index contributed by atoms with van der Waals surface area (Å²) < 4.78 is 53.3. The minimum atomic E-state index is -1.06. The molecule has 0 aliphatic heterocycles. The number of H-pyrrole nitrogens is 1. The van der Waals surface area contributed by atoms with Gasteiger partial charge in [0.15, 0.2) is 0 Å². The molecule has 4 aromatic rings. The number of imidazole rings is 1. The zero-order chi connectivity index (χ0) is 32.5. The summed E-state index contributed by atoms with van der Waals surface area (Å²) in [4.78, 5) is 56.6. The first kappa shape index (κ1) is 32.5. The topological polar surface area (TPSA) is 170 Å². The molecule has 0 saturated heterocycles. The maximum Gasteiger partial charge on any atom is 0.274 e. The Hall–Kier alpha value is -5.44. The molecule has 4 rings (SSSR count). The van der Waals surface area contributed by atoms with Crippen LogP contribution in [0.1, 0.15) is 24.2 Å². The second kappa shape index (κ2) is 14.8. The highest BCUT2D eigenvalue weighted by atomic mass is 19.1. The van der Waals surface area contributed by atoms with Crippen LogP contribution >= 0.6 is 0 Å². The van der Waals surface area contributed by atoms with Crippen LogP contribution < -0.4 is 26.7 Å². The number of hydrogen-bond donors (Lipinski definition) is 4. The molecule has 2 aromatic heterocycles. The van der Waals surface area contributed by atoms with Crippen molar-refractivity contribution in [1.82, 2.24) is 19.9 Å². The van der Waals surface area contributed by atoms with Gasteiger partial charge in [0.1, 0.15) is 59.5 Å². The van der Waals surface area contributed by atoms with E-state index in [9.17, 15) is 32.3 Å². The molecule has 0 aliphatic carbocycles. The number of anilines is 1. The van der Waals surface area contributed by atoms with Crippen molar-refractivity contribution in [2.24, 2.45) is 5.73 Å². The minimum Gasteiger partial charge on any atom is -0.486 e. The van der Waals surface area contributed by atoms with Crippen LogP contribution in [0.15, 0.2) is 65.6 Å². The van der Waals surface area contributed by atoms with Crippen LogP contribution in [-0.2, 0) is 32.3 Å². The van der Waals surface area contributed by atoms with E-state index in [2.05, 4.69) is 20.6 Å². The molecule has 2 aromatic carbocycles. The number of nitrogens with two attached hydrogens (primary N) is 1. The largest absolute Gasteiger partial charge is 0.486 e. The van der Waals surface area contributed by atoms with Gasteiger partial charge in [-0.3, -0.25) is 19.2 Å². The number of fused-ring (bicyclic) bond motifs is 1. The number of carbonyl (C=O) groups is 3. The summed E-state index contributed by atoms with van der Waals surface area (Å²) in [6.45, 7) is -0.721. The fourth-order valence-electron chi connectivity index (χ4n) is 4.32. The summed E-state index contributed by atoms with van der Waals surface area (Å²) in [6.07, 6.45) is 4.36. The Morgan fingerprint density at radius 1 is 1.13 bits per heavy atom. The van der Waals surface area contributed by atoms with Crippen LogP contribution in [-0.4, -0.2) is 52.0 Å². The number of pyridine rings is 1. The molecule has 5 N–H and O–H groups in total. The summed E-state index contributed by atoms with van der Waals surface area (Å²) >= 11 is 0. The molecule has 0 bridgehead atoms. The van der Waals surface area contributed by atoms with Gasteiger partial charge in [0.05, 0.1) is 12.1 Å². The zero-order valence-corrected chi connectivity index (χ0v) is 23.9. The summed E-state index contributed by atoms with van der Waals surface area (Å²) in [6, 6.07) is 7.07. The van der Waals surface area contributed by atoms with Crippen LogP contribution in [0, 0.1) is 17.5 Å². The van der Waals surface area contributed by atoms with E-state index in [1.54, 1.807) is 0 Å². The number of amides is 3. The van der Waals surface area contributed by atoms with E-state index in [0.717, 1.165) is 24.3 Å². The Morgan fingerprint density at radius 2 is 1.93 bits per heavy atom. The average molecular weight is 627 g/mol. The van der Waals surface area contributed by atoms with Crippen molar-refractivity contribution in [1.29, 1.82) is 0 Å². The molecule has 0 fully saturated rings. The molecule has 0 radical (unpaired) electrons. The van der Waals surface area contributed by atoms with Crippen molar-refractivity contribution >= 4 is 34.4 Å². The number of ether oxygens (including phenoxy) is 2. The van der Waals surface area contributed by atoms with Crippen molar-refractivity contribution in [2.45, 2.75) is 32.0 Å². The predicted octanol–water partition coefficient (Wildman–Crippen LogP) is 2.66. The third-order valence-corrected chi connectivity index (χ3v) is 6.40. The number of nitrogens with one attached hydrogen (secondary N) is 3. The van der Waals surface area contributed by atoms with E-state index in [-0.39, 0.29) is 66.5 Å². The normalized spacial score (nSPS) is 11.9. The standard InChI is InChI=1S/C30H29F3N6O6/c1-44-16-27(41)36-21(5-2-3-7-25(34)40)29(42)37-22-6-4-10-39(30(22)43)14-26-35-23-12-19(32)13-24(28(23)38-26)45-15-17-8-9-18(31)11-20(17)33/h3-4,6-13,21H,2,5,14-16H2,1H3,(H2,34,40)(H,35,38)(H,36,41)(H,37,42). The third kappa shape index (κ3) is 8.79. The number of rotatable bonds is 14. The van der Waals surface area contributed by atoms with Gasteiger partial charge < -0.3 is 35.4 Å². The van der Waals surface area contributed by atoms with Crippen molar-refractivity contribution in [3.8, 4) is 5.75 Å². The Kier molecular flexibility index (Phi) is 10.7. The van der Waals surface area contributed by atoms with Crippen molar-refractivity contribution in [3.05, 3.63) is 100 Å². The molecule has 45 heavy (non-hydrogen) atoms. The van der Waals surface area contributed by atoms with Gasteiger partial charge in [0.25, 0.3) is 5.56 Å². The highest BCUT2D eigenvalue weighted by Gasteiger charge is 2.22. The number of aromatic amines is 1. The first-order valence-electron chi connectivity index (χ1n) is 13.5. The Morgan fingerprint density at radius 3 is 2.67 bits per heavy atom. The fourth-order valence-corrected chi connectivity index (χ4v) is 4.32. The average Bonchev–Trinajstić information content (AvgIpc) is 3.38. The summed E-state index contributed by atoms with van der Waals surface area (Å²) in [5, 5.41) is 5.04. The zero-order valence-electron chi connectivity index (χ0n) is 23.9. The quantitative estimate of drug-likeness (QED) is 0.156. The lowest BCUT2D eigenvalue weighted by atomic mass is 10.1. The van der Waals surface area contributed by atoms with Gasteiger partial charge in [-0.1, -0.05) is 6.08 Å². The summed E-state index contributed by atoms with van der Waals surface area (Å²) in [5.41, 5.74) is 4.91. The highest BCUT2D eigenvalue weighted by Crippen LogP contribution is 2.27.